The van der Waals surface area contributed by atoms with Crippen molar-refractivity contribution in [2.24, 2.45) is 11.8 Å². The highest BCUT2D eigenvalue weighted by Gasteiger charge is 2.34. The Morgan fingerprint density at radius 3 is 2.53 bits per heavy atom. The lowest BCUT2D eigenvalue weighted by atomic mass is 9.81. The van der Waals surface area contributed by atoms with Crippen LogP contribution < -0.4 is 14.9 Å². The van der Waals surface area contributed by atoms with Crippen molar-refractivity contribution in [3.8, 4) is 0 Å². The summed E-state index contributed by atoms with van der Waals surface area (Å²) in [6.45, 7) is 8.75. The summed E-state index contributed by atoms with van der Waals surface area (Å²) in [5.74, 6) is 0.338. The molecule has 9 nitrogen and oxygen atoms in total. The monoisotopic (exact) mass is 445 g/mol. The van der Waals surface area contributed by atoms with Gasteiger partial charge in [0.15, 0.2) is 0 Å². The van der Waals surface area contributed by atoms with Crippen LogP contribution >= 0.6 is 0 Å². The minimum Gasteiger partial charge on any atom is -0.550 e. The molecule has 0 bridgehead atoms. The quantitative estimate of drug-likeness (QED) is 0.586. The normalized spacial score (nSPS) is 25.1. The summed E-state index contributed by atoms with van der Waals surface area (Å²) in [5.41, 5.74) is 0. The van der Waals surface area contributed by atoms with Crippen molar-refractivity contribution < 1.29 is 24.3 Å². The maximum absolute atomic E-state index is 13.0. The number of anilines is 1. The van der Waals surface area contributed by atoms with E-state index < -0.39 is 5.97 Å². The van der Waals surface area contributed by atoms with E-state index in [9.17, 15) is 14.7 Å². The van der Waals surface area contributed by atoms with Gasteiger partial charge in [-0.1, -0.05) is 6.07 Å². The zero-order chi connectivity index (χ0) is 22.3. The molecule has 1 aromatic rings. The third-order valence-electron chi connectivity index (χ3n) is 7.18. The number of carbonyl (C=O) groups is 2. The van der Waals surface area contributed by atoms with Gasteiger partial charge in [-0.2, -0.15) is 0 Å². The number of piperidine rings is 1. The van der Waals surface area contributed by atoms with Gasteiger partial charge < -0.3 is 34.2 Å². The topological polar surface area (TPSA) is 93.5 Å². The number of quaternary nitrogens is 1. The molecule has 0 saturated carbocycles. The second-order valence-corrected chi connectivity index (χ2v) is 9.18. The van der Waals surface area contributed by atoms with Crippen LogP contribution in [-0.4, -0.2) is 98.9 Å². The number of morpholine rings is 1. The standard InChI is InChI=1S/C23H35N5O4/c29-22(30)17-19-5-8-28(23(31)27-13-15-32-16-14-27)18-20(19)4-7-25-9-11-26(12-10-25)21-3-1-2-6-24-21/h1-3,6,19-20H,4-5,7-18H2,(H,29,30)/t19-,20-/m0/s1. The number of carbonyl (C=O) groups excluding carboxylic acids is 2. The van der Waals surface area contributed by atoms with Gasteiger partial charge in [-0.25, -0.2) is 9.78 Å². The molecule has 0 aromatic carbocycles. The number of pyridine rings is 1. The number of aliphatic carboxylic acids is 1. The number of hydrogen-bond donors (Lipinski definition) is 1. The summed E-state index contributed by atoms with van der Waals surface area (Å²) in [6.07, 6.45) is 3.59. The van der Waals surface area contributed by atoms with Gasteiger partial charge in [-0.05, 0) is 36.8 Å². The summed E-state index contributed by atoms with van der Waals surface area (Å²) in [6, 6.07) is 6.08. The Hall–Kier alpha value is -2.39. The Morgan fingerprint density at radius 1 is 1.06 bits per heavy atom. The smallest absolute Gasteiger partial charge is 0.320 e. The van der Waals surface area contributed by atoms with Gasteiger partial charge >= 0.3 is 6.03 Å². The number of carboxylic acids is 1. The Bertz CT molecular complexity index is 750. The predicted molar refractivity (Wildman–Crippen MR) is 117 cm³/mol. The first-order valence-corrected chi connectivity index (χ1v) is 11.9. The molecule has 1 aromatic heterocycles. The summed E-state index contributed by atoms with van der Waals surface area (Å²) in [7, 11) is 0. The number of carboxylic acid groups (broad SMARTS) is 1. The molecule has 0 unspecified atom stereocenters. The molecule has 4 rings (SSSR count). The lowest BCUT2D eigenvalue weighted by molar-refractivity contribution is -0.901. The van der Waals surface area contributed by atoms with Crippen LogP contribution in [0.15, 0.2) is 24.4 Å². The van der Waals surface area contributed by atoms with E-state index in [0.717, 1.165) is 51.4 Å². The van der Waals surface area contributed by atoms with Crippen LogP contribution in [-0.2, 0) is 9.53 Å². The van der Waals surface area contributed by atoms with Crippen LogP contribution in [0.4, 0.5) is 10.6 Å². The molecule has 3 saturated heterocycles. The Kier molecular flexibility index (Phi) is 7.81. The molecular formula is C23H35N5O4. The van der Waals surface area contributed by atoms with Crippen molar-refractivity contribution >= 4 is 17.8 Å². The highest BCUT2D eigenvalue weighted by Crippen LogP contribution is 2.29. The van der Waals surface area contributed by atoms with Gasteiger partial charge in [-0.15, -0.1) is 0 Å². The van der Waals surface area contributed by atoms with Crippen molar-refractivity contribution in [1.29, 1.82) is 0 Å². The first-order chi connectivity index (χ1) is 15.6. The van der Waals surface area contributed by atoms with Gasteiger partial charge in [0.1, 0.15) is 5.82 Å². The lowest BCUT2D eigenvalue weighted by Gasteiger charge is -2.42. The maximum Gasteiger partial charge on any atom is 0.320 e. The number of nitrogens with zero attached hydrogens (tertiary/aromatic N) is 4. The zero-order valence-electron chi connectivity index (χ0n) is 18.8. The van der Waals surface area contributed by atoms with E-state index in [-0.39, 0.29) is 24.3 Å². The second-order valence-electron chi connectivity index (χ2n) is 9.18. The molecule has 3 aliphatic rings. The van der Waals surface area contributed by atoms with Gasteiger partial charge in [0.05, 0.1) is 45.9 Å². The SMILES string of the molecule is O=C([O-])C[C@@H]1CCN(C(=O)N2CCOCC2)C[C@@H]1CC[NH+]1CCN(c2ccccn2)CC1. The first-order valence-electron chi connectivity index (χ1n) is 11.9. The van der Waals surface area contributed by atoms with E-state index >= 15 is 0 Å². The average Bonchev–Trinajstić information content (AvgIpc) is 2.84. The van der Waals surface area contributed by atoms with Crippen molar-refractivity contribution in [3.05, 3.63) is 24.4 Å². The fraction of sp³-hybridized carbons (Fsp3) is 0.696. The lowest BCUT2D eigenvalue weighted by Crippen LogP contribution is -3.15. The molecule has 9 heteroatoms. The third kappa shape index (κ3) is 5.89. The Balaban J connectivity index is 1.29. The molecule has 0 spiro atoms. The highest BCUT2D eigenvalue weighted by molar-refractivity contribution is 5.74. The number of likely N-dealkylation sites (tertiary alicyclic amines) is 1. The molecule has 0 aliphatic carbocycles. The molecule has 2 amide bonds. The largest absolute Gasteiger partial charge is 0.550 e. The number of ether oxygens (including phenoxy) is 1. The minimum atomic E-state index is -0.982. The van der Waals surface area contributed by atoms with Gasteiger partial charge in [0, 0.05) is 44.8 Å². The number of rotatable bonds is 6. The average molecular weight is 446 g/mol. The van der Waals surface area contributed by atoms with E-state index in [1.807, 2.05) is 28.1 Å². The van der Waals surface area contributed by atoms with Crippen LogP contribution in [0.1, 0.15) is 19.3 Å². The van der Waals surface area contributed by atoms with Gasteiger partial charge in [0.25, 0.3) is 0 Å². The van der Waals surface area contributed by atoms with Crippen LogP contribution in [0.3, 0.4) is 0 Å². The number of amides is 2. The van der Waals surface area contributed by atoms with E-state index in [0.29, 0.717) is 39.4 Å². The van der Waals surface area contributed by atoms with Crippen molar-refractivity contribution in [2.75, 3.05) is 77.0 Å². The van der Waals surface area contributed by atoms with E-state index in [1.165, 1.54) is 0 Å². The number of piperazine rings is 1. The number of aromatic nitrogens is 1. The molecule has 176 valence electrons. The van der Waals surface area contributed by atoms with Crippen LogP contribution in [0, 0.1) is 11.8 Å². The Labute approximate surface area is 189 Å². The van der Waals surface area contributed by atoms with Crippen molar-refractivity contribution in [3.63, 3.8) is 0 Å². The van der Waals surface area contributed by atoms with Gasteiger partial charge in [-0.3, -0.25) is 0 Å². The van der Waals surface area contributed by atoms with Crippen molar-refractivity contribution in [2.45, 2.75) is 19.3 Å². The molecule has 4 heterocycles. The van der Waals surface area contributed by atoms with Crippen LogP contribution in [0.5, 0.6) is 0 Å². The number of nitrogens with one attached hydrogen (secondary N) is 1. The number of hydrogen-bond acceptors (Lipinski definition) is 6. The van der Waals surface area contributed by atoms with E-state index in [2.05, 4.69) is 16.0 Å². The van der Waals surface area contributed by atoms with Crippen LogP contribution in [0.2, 0.25) is 0 Å². The molecule has 3 aliphatic heterocycles. The molecule has 0 radical (unpaired) electrons. The van der Waals surface area contributed by atoms with E-state index in [1.54, 1.807) is 4.90 Å². The van der Waals surface area contributed by atoms with Crippen molar-refractivity contribution in [1.82, 2.24) is 14.8 Å². The fourth-order valence-corrected chi connectivity index (χ4v) is 5.25. The predicted octanol–water partition coefficient (Wildman–Crippen LogP) is -1.29. The molecule has 3 fully saturated rings. The highest BCUT2D eigenvalue weighted by atomic mass is 16.5. The molecule has 2 atom stereocenters. The fourth-order valence-electron chi connectivity index (χ4n) is 5.25. The Morgan fingerprint density at radius 2 is 1.84 bits per heavy atom. The first kappa shape index (κ1) is 22.8. The summed E-state index contributed by atoms with van der Waals surface area (Å²) in [5, 5.41) is 11.3. The minimum absolute atomic E-state index is 0.0709. The zero-order valence-corrected chi connectivity index (χ0v) is 18.8. The summed E-state index contributed by atoms with van der Waals surface area (Å²) < 4.78 is 5.37. The second kappa shape index (κ2) is 11.0. The van der Waals surface area contributed by atoms with E-state index in [4.69, 9.17) is 4.74 Å². The number of urea groups is 1. The summed E-state index contributed by atoms with van der Waals surface area (Å²) >= 11 is 0. The van der Waals surface area contributed by atoms with Crippen LogP contribution in [0.25, 0.3) is 0 Å². The summed E-state index contributed by atoms with van der Waals surface area (Å²) in [4.78, 5) is 36.4. The third-order valence-corrected chi connectivity index (χ3v) is 7.18. The maximum atomic E-state index is 13.0. The molecule has 1 N–H and O–H groups in total. The molecule has 32 heavy (non-hydrogen) atoms. The molecular weight excluding hydrogens is 410 g/mol. The van der Waals surface area contributed by atoms with Gasteiger partial charge in [0.2, 0.25) is 0 Å².